The maximum absolute atomic E-state index is 12.8. The van der Waals surface area contributed by atoms with E-state index in [1.807, 2.05) is 0 Å². The second-order valence-corrected chi connectivity index (χ2v) is 5.78. The Morgan fingerprint density at radius 2 is 1.79 bits per heavy atom. The van der Waals surface area contributed by atoms with Gasteiger partial charge >= 0.3 is 11.9 Å². The number of ether oxygens (including phenoxy) is 2. The van der Waals surface area contributed by atoms with Gasteiger partial charge in [0, 0.05) is 12.1 Å². The number of amides is 1. The van der Waals surface area contributed by atoms with Gasteiger partial charge in [-0.15, -0.1) is 0 Å². The first-order valence-electron chi connectivity index (χ1n) is 7.92. The fourth-order valence-corrected chi connectivity index (χ4v) is 3.61. The molecule has 2 aliphatic heterocycles. The van der Waals surface area contributed by atoms with Crippen LogP contribution in [0.4, 0.5) is 0 Å². The first-order chi connectivity index (χ1) is 11.5. The molecule has 1 amide bonds. The van der Waals surface area contributed by atoms with E-state index in [-0.39, 0.29) is 25.7 Å². The molecule has 3 rings (SSSR count). The Hall–Kier alpha value is -2.63. The predicted molar refractivity (Wildman–Crippen MR) is 85.1 cm³/mol. The zero-order valence-electron chi connectivity index (χ0n) is 13.7. The highest BCUT2D eigenvalue weighted by molar-refractivity contribution is 6.10. The summed E-state index contributed by atoms with van der Waals surface area (Å²) < 4.78 is 10.4. The van der Waals surface area contributed by atoms with Gasteiger partial charge in [0.05, 0.1) is 19.3 Å². The minimum atomic E-state index is -1.71. The van der Waals surface area contributed by atoms with Crippen LogP contribution in [0, 0.1) is 5.41 Å². The maximum Gasteiger partial charge on any atom is 0.330 e. The zero-order chi connectivity index (χ0) is 17.5. The van der Waals surface area contributed by atoms with E-state index in [0.29, 0.717) is 16.7 Å². The number of esters is 2. The second kappa shape index (κ2) is 5.78. The zero-order valence-corrected chi connectivity index (χ0v) is 13.7. The van der Waals surface area contributed by atoms with Crippen molar-refractivity contribution in [3.63, 3.8) is 0 Å². The summed E-state index contributed by atoms with van der Waals surface area (Å²) in [4.78, 5) is 39.8. The van der Waals surface area contributed by atoms with Crippen LogP contribution in [0.5, 0.6) is 0 Å². The Balaban J connectivity index is 2.21. The van der Waals surface area contributed by atoms with Crippen LogP contribution in [0.2, 0.25) is 0 Å². The number of benzene rings is 1. The van der Waals surface area contributed by atoms with Crippen molar-refractivity contribution in [2.75, 3.05) is 19.8 Å². The minimum Gasteiger partial charge on any atom is -0.465 e. The molecule has 0 radical (unpaired) electrons. The average Bonchev–Trinajstić information content (AvgIpc) is 3.01. The van der Waals surface area contributed by atoms with Gasteiger partial charge < -0.3 is 14.4 Å². The molecule has 1 saturated heterocycles. The summed E-state index contributed by atoms with van der Waals surface area (Å²) >= 11 is 0. The van der Waals surface area contributed by atoms with Crippen LogP contribution in [-0.4, -0.2) is 42.5 Å². The second-order valence-electron chi connectivity index (χ2n) is 5.78. The average molecular weight is 329 g/mol. The van der Waals surface area contributed by atoms with Gasteiger partial charge in [0.1, 0.15) is 0 Å². The topological polar surface area (TPSA) is 72.9 Å². The SMILES string of the molecule is C=C1CN2C(=O)c3ccccc3[C@H]2C1(C(=O)OCC)C(=O)OCC. The van der Waals surface area contributed by atoms with Gasteiger partial charge in [0.2, 0.25) is 5.41 Å². The first kappa shape index (κ1) is 16.2. The summed E-state index contributed by atoms with van der Waals surface area (Å²) in [6.45, 7) is 7.60. The molecule has 2 heterocycles. The van der Waals surface area contributed by atoms with Gasteiger partial charge in [-0.1, -0.05) is 24.8 Å². The molecule has 6 nitrogen and oxygen atoms in total. The molecule has 0 aromatic heterocycles. The summed E-state index contributed by atoms with van der Waals surface area (Å²) in [5, 5.41) is 0. The Kier molecular flexibility index (Phi) is 3.91. The predicted octanol–water partition coefficient (Wildman–Crippen LogP) is 1.87. The minimum absolute atomic E-state index is 0.121. The molecular weight excluding hydrogens is 310 g/mol. The van der Waals surface area contributed by atoms with Gasteiger partial charge in [-0.25, -0.2) is 0 Å². The van der Waals surface area contributed by atoms with Crippen LogP contribution in [-0.2, 0) is 19.1 Å². The van der Waals surface area contributed by atoms with E-state index in [2.05, 4.69) is 6.58 Å². The number of rotatable bonds is 4. The molecule has 0 bridgehead atoms. The fraction of sp³-hybridized carbons (Fsp3) is 0.389. The molecule has 24 heavy (non-hydrogen) atoms. The van der Waals surface area contributed by atoms with Gasteiger partial charge in [0.15, 0.2) is 0 Å². The van der Waals surface area contributed by atoms with Crippen LogP contribution < -0.4 is 0 Å². The normalized spacial score (nSPS) is 20.6. The van der Waals surface area contributed by atoms with Gasteiger partial charge in [-0.05, 0) is 31.1 Å². The van der Waals surface area contributed by atoms with Crippen molar-refractivity contribution >= 4 is 17.8 Å². The lowest BCUT2D eigenvalue weighted by molar-refractivity contribution is -0.170. The Bertz CT molecular complexity index is 721. The van der Waals surface area contributed by atoms with E-state index >= 15 is 0 Å². The quantitative estimate of drug-likeness (QED) is 0.479. The molecule has 1 atom stereocenters. The van der Waals surface area contributed by atoms with E-state index in [1.165, 1.54) is 4.90 Å². The molecule has 126 valence electrons. The Morgan fingerprint density at radius 3 is 2.38 bits per heavy atom. The van der Waals surface area contributed by atoms with E-state index in [9.17, 15) is 14.4 Å². The van der Waals surface area contributed by atoms with E-state index in [0.717, 1.165) is 0 Å². The maximum atomic E-state index is 12.8. The highest BCUT2D eigenvalue weighted by Gasteiger charge is 2.67. The molecule has 0 spiro atoms. The van der Waals surface area contributed by atoms with E-state index < -0.39 is 23.4 Å². The number of fused-ring (bicyclic) bond motifs is 3. The molecule has 1 aromatic carbocycles. The van der Waals surface area contributed by atoms with Gasteiger partial charge in [0.25, 0.3) is 5.91 Å². The van der Waals surface area contributed by atoms with Crippen LogP contribution in [0.25, 0.3) is 0 Å². The molecular formula is C18H19NO5. The van der Waals surface area contributed by atoms with Crippen molar-refractivity contribution in [1.29, 1.82) is 0 Å². The highest BCUT2D eigenvalue weighted by atomic mass is 16.6. The molecule has 0 aliphatic carbocycles. The Morgan fingerprint density at radius 1 is 1.21 bits per heavy atom. The summed E-state index contributed by atoms with van der Waals surface area (Å²) in [5.41, 5.74) is -0.267. The van der Waals surface area contributed by atoms with E-state index in [4.69, 9.17) is 9.47 Å². The molecule has 0 saturated carbocycles. The summed E-state index contributed by atoms with van der Waals surface area (Å²) in [6.07, 6.45) is 0. The third-order valence-corrected chi connectivity index (χ3v) is 4.58. The van der Waals surface area contributed by atoms with Gasteiger partial charge in [-0.3, -0.25) is 14.4 Å². The molecule has 0 N–H and O–H groups in total. The fourth-order valence-electron chi connectivity index (χ4n) is 3.61. The number of nitrogens with zero attached hydrogens (tertiary/aromatic N) is 1. The molecule has 2 aliphatic rings. The molecule has 6 heteroatoms. The monoisotopic (exact) mass is 329 g/mol. The van der Waals surface area contributed by atoms with Crippen molar-refractivity contribution in [2.45, 2.75) is 19.9 Å². The lowest BCUT2D eigenvalue weighted by Crippen LogP contribution is -2.46. The summed E-state index contributed by atoms with van der Waals surface area (Å²) in [6, 6.07) is 6.21. The van der Waals surface area contributed by atoms with Gasteiger partial charge in [-0.2, -0.15) is 0 Å². The number of carbonyl (C=O) groups is 3. The molecule has 1 aromatic rings. The lowest BCUT2D eigenvalue weighted by atomic mass is 9.74. The van der Waals surface area contributed by atoms with Crippen LogP contribution >= 0.6 is 0 Å². The smallest absolute Gasteiger partial charge is 0.330 e. The number of hydrogen-bond donors (Lipinski definition) is 0. The molecule has 0 unspecified atom stereocenters. The lowest BCUT2D eigenvalue weighted by Gasteiger charge is -2.31. The number of hydrogen-bond acceptors (Lipinski definition) is 5. The van der Waals surface area contributed by atoms with Crippen LogP contribution in [0.3, 0.4) is 0 Å². The van der Waals surface area contributed by atoms with Crippen LogP contribution in [0.1, 0.15) is 35.8 Å². The largest absolute Gasteiger partial charge is 0.465 e. The summed E-state index contributed by atoms with van der Waals surface area (Å²) in [7, 11) is 0. The third-order valence-electron chi connectivity index (χ3n) is 4.58. The number of carbonyl (C=O) groups excluding carboxylic acids is 3. The summed E-state index contributed by atoms with van der Waals surface area (Å²) in [5.74, 6) is -1.65. The van der Waals surface area contributed by atoms with Crippen molar-refractivity contribution in [3.05, 3.63) is 47.5 Å². The Labute approximate surface area is 140 Å². The van der Waals surface area contributed by atoms with Crippen molar-refractivity contribution in [3.8, 4) is 0 Å². The van der Waals surface area contributed by atoms with Crippen LogP contribution in [0.15, 0.2) is 36.4 Å². The standard InChI is InChI=1S/C18H19NO5/c1-4-23-16(21)18(17(22)24-5-2)11(3)10-19-14(18)12-8-6-7-9-13(12)15(19)20/h6-9,14H,3-5,10H2,1-2H3/t14-/m0/s1. The van der Waals surface area contributed by atoms with Crippen molar-refractivity contribution in [1.82, 2.24) is 4.90 Å². The third kappa shape index (κ3) is 1.92. The van der Waals surface area contributed by atoms with Crippen molar-refractivity contribution < 1.29 is 23.9 Å². The van der Waals surface area contributed by atoms with E-state index in [1.54, 1.807) is 38.1 Å². The highest BCUT2D eigenvalue weighted by Crippen LogP contribution is 2.55. The van der Waals surface area contributed by atoms with Crippen molar-refractivity contribution in [2.24, 2.45) is 5.41 Å². The molecule has 1 fully saturated rings. The first-order valence-corrected chi connectivity index (χ1v) is 7.92.